The number of nitrogens with one attached hydrogen (secondary N) is 2. The standard InChI is InChI=1S/C22H21ClF3N7O/c1-14-28-19(31-18-4-2-3-7-27-18)13-20(29-14)32-8-10-33(11-9-32)21(34)30-15-5-6-17(23)16(12-15)22(24,25)26/h2-7,12-13H,8-11H2,1H3,(H,30,34)(H,27,28,29,31). The Balaban J connectivity index is 1.38. The second-order valence-corrected chi connectivity index (χ2v) is 8.00. The van der Waals surface area contributed by atoms with Gasteiger partial charge < -0.3 is 20.4 Å². The molecule has 2 aromatic heterocycles. The van der Waals surface area contributed by atoms with Crippen molar-refractivity contribution in [3.8, 4) is 0 Å². The molecule has 3 heterocycles. The summed E-state index contributed by atoms with van der Waals surface area (Å²) in [6.45, 7) is 3.54. The van der Waals surface area contributed by atoms with E-state index in [4.69, 9.17) is 11.6 Å². The molecule has 0 spiro atoms. The molecule has 4 rings (SSSR count). The van der Waals surface area contributed by atoms with Crippen LogP contribution in [0.1, 0.15) is 11.4 Å². The molecule has 2 N–H and O–H groups in total. The predicted molar refractivity (Wildman–Crippen MR) is 124 cm³/mol. The highest BCUT2D eigenvalue weighted by Crippen LogP contribution is 2.36. The number of carbonyl (C=O) groups excluding carboxylic acids is 1. The minimum absolute atomic E-state index is 0.0285. The van der Waals surface area contributed by atoms with Gasteiger partial charge in [0.1, 0.15) is 23.3 Å². The Morgan fingerprint density at radius 3 is 2.47 bits per heavy atom. The van der Waals surface area contributed by atoms with Gasteiger partial charge in [0, 0.05) is 44.1 Å². The van der Waals surface area contributed by atoms with Crippen LogP contribution in [0.4, 0.5) is 41.1 Å². The Morgan fingerprint density at radius 1 is 1.03 bits per heavy atom. The van der Waals surface area contributed by atoms with Crippen molar-refractivity contribution >= 4 is 40.8 Å². The molecule has 8 nitrogen and oxygen atoms in total. The van der Waals surface area contributed by atoms with Crippen LogP contribution in [0.3, 0.4) is 0 Å². The SMILES string of the molecule is Cc1nc(Nc2ccccn2)cc(N2CCN(C(=O)Nc3ccc(Cl)c(C(F)(F)F)c3)CC2)n1. The quantitative estimate of drug-likeness (QED) is 0.537. The first-order chi connectivity index (χ1) is 16.2. The maximum absolute atomic E-state index is 13.1. The lowest BCUT2D eigenvalue weighted by Crippen LogP contribution is -2.50. The van der Waals surface area contributed by atoms with Crippen LogP contribution in [0.15, 0.2) is 48.7 Å². The number of aromatic nitrogens is 3. The number of pyridine rings is 1. The van der Waals surface area contributed by atoms with Crippen LogP contribution in [-0.4, -0.2) is 52.1 Å². The number of amides is 2. The first kappa shape index (κ1) is 23.6. The molecule has 0 radical (unpaired) electrons. The van der Waals surface area contributed by atoms with Gasteiger partial charge in [0.2, 0.25) is 0 Å². The van der Waals surface area contributed by atoms with Gasteiger partial charge in [-0.1, -0.05) is 17.7 Å². The van der Waals surface area contributed by atoms with E-state index in [1.807, 2.05) is 29.2 Å². The third-order valence-corrected chi connectivity index (χ3v) is 5.49. The first-order valence-corrected chi connectivity index (χ1v) is 10.8. The van der Waals surface area contributed by atoms with E-state index in [1.54, 1.807) is 18.0 Å². The zero-order valence-corrected chi connectivity index (χ0v) is 18.9. The Labute approximate surface area is 198 Å². The van der Waals surface area contributed by atoms with Gasteiger partial charge in [0.25, 0.3) is 0 Å². The van der Waals surface area contributed by atoms with Gasteiger partial charge in [-0.25, -0.2) is 19.7 Å². The fourth-order valence-corrected chi connectivity index (χ4v) is 3.73. The molecule has 1 fully saturated rings. The first-order valence-electron chi connectivity index (χ1n) is 10.4. The molecule has 1 aliphatic heterocycles. The minimum atomic E-state index is -4.61. The van der Waals surface area contributed by atoms with E-state index in [9.17, 15) is 18.0 Å². The number of carbonyl (C=O) groups is 1. The van der Waals surface area contributed by atoms with Crippen LogP contribution in [-0.2, 0) is 6.18 Å². The number of piperazine rings is 1. The zero-order chi connectivity index (χ0) is 24.3. The number of halogens is 4. The van der Waals surface area contributed by atoms with Gasteiger partial charge in [-0.15, -0.1) is 0 Å². The summed E-state index contributed by atoms with van der Waals surface area (Å²) in [6, 6.07) is 10.1. The van der Waals surface area contributed by atoms with Crippen molar-refractivity contribution in [1.82, 2.24) is 19.9 Å². The van der Waals surface area contributed by atoms with Gasteiger partial charge in [0.05, 0.1) is 10.6 Å². The van der Waals surface area contributed by atoms with Crippen LogP contribution < -0.4 is 15.5 Å². The summed E-state index contributed by atoms with van der Waals surface area (Å²) in [6.07, 6.45) is -2.93. The van der Waals surface area contributed by atoms with Crippen molar-refractivity contribution in [2.75, 3.05) is 41.7 Å². The van der Waals surface area contributed by atoms with Gasteiger partial charge in [-0.05, 0) is 37.3 Å². The van der Waals surface area contributed by atoms with E-state index < -0.39 is 22.8 Å². The summed E-state index contributed by atoms with van der Waals surface area (Å²) >= 11 is 5.64. The number of rotatable bonds is 4. The van der Waals surface area contributed by atoms with Gasteiger partial charge >= 0.3 is 12.2 Å². The van der Waals surface area contributed by atoms with Crippen LogP contribution in [0, 0.1) is 6.92 Å². The molecule has 178 valence electrons. The third-order valence-electron chi connectivity index (χ3n) is 5.16. The smallest absolute Gasteiger partial charge is 0.353 e. The summed E-state index contributed by atoms with van der Waals surface area (Å²) in [5, 5.41) is 5.24. The summed E-state index contributed by atoms with van der Waals surface area (Å²) in [5.74, 6) is 2.55. The molecule has 1 aliphatic rings. The van der Waals surface area contributed by atoms with Gasteiger partial charge in [0.15, 0.2) is 0 Å². The number of hydrogen-bond donors (Lipinski definition) is 2. The van der Waals surface area contributed by atoms with Crippen LogP contribution >= 0.6 is 11.6 Å². The maximum atomic E-state index is 13.1. The van der Waals surface area contributed by atoms with Crippen molar-refractivity contribution in [2.24, 2.45) is 0 Å². The largest absolute Gasteiger partial charge is 0.417 e. The fourth-order valence-electron chi connectivity index (χ4n) is 3.51. The molecule has 3 aromatic rings. The normalized spacial score (nSPS) is 14.1. The number of aryl methyl sites for hydroxylation is 1. The Morgan fingerprint density at radius 2 is 1.79 bits per heavy atom. The number of nitrogens with zero attached hydrogens (tertiary/aromatic N) is 5. The molecule has 0 bridgehead atoms. The molecular formula is C22H21ClF3N7O. The monoisotopic (exact) mass is 491 g/mol. The van der Waals surface area contributed by atoms with Gasteiger partial charge in [-0.3, -0.25) is 0 Å². The molecule has 0 atom stereocenters. The molecule has 0 aliphatic carbocycles. The third kappa shape index (κ3) is 5.66. The van der Waals surface area contributed by atoms with E-state index in [2.05, 4.69) is 25.6 Å². The molecule has 12 heteroatoms. The highest BCUT2D eigenvalue weighted by atomic mass is 35.5. The summed E-state index contributed by atoms with van der Waals surface area (Å²) in [4.78, 5) is 29.3. The summed E-state index contributed by atoms with van der Waals surface area (Å²) in [5.41, 5.74) is -0.966. The number of anilines is 4. The van der Waals surface area contributed by atoms with Crippen LogP contribution in [0.2, 0.25) is 5.02 Å². The lowest BCUT2D eigenvalue weighted by molar-refractivity contribution is -0.137. The van der Waals surface area contributed by atoms with Gasteiger partial charge in [-0.2, -0.15) is 13.2 Å². The molecule has 34 heavy (non-hydrogen) atoms. The molecule has 0 unspecified atom stereocenters. The van der Waals surface area contributed by atoms with E-state index in [1.165, 1.54) is 6.07 Å². The topological polar surface area (TPSA) is 86.3 Å². The van der Waals surface area contributed by atoms with Crippen molar-refractivity contribution in [3.63, 3.8) is 0 Å². The number of alkyl halides is 3. The minimum Gasteiger partial charge on any atom is -0.353 e. The van der Waals surface area contributed by atoms with Crippen LogP contribution in [0.25, 0.3) is 0 Å². The summed E-state index contributed by atoms with van der Waals surface area (Å²) in [7, 11) is 0. The Kier molecular flexibility index (Phi) is 6.73. The van der Waals surface area contributed by atoms with E-state index >= 15 is 0 Å². The summed E-state index contributed by atoms with van der Waals surface area (Å²) < 4.78 is 39.2. The average molecular weight is 492 g/mol. The van der Waals surface area contributed by atoms with Crippen molar-refractivity contribution in [3.05, 3.63) is 65.1 Å². The van der Waals surface area contributed by atoms with E-state index in [0.717, 1.165) is 12.1 Å². The highest BCUT2D eigenvalue weighted by Gasteiger charge is 2.33. The Bertz CT molecular complexity index is 1170. The fraction of sp³-hybridized carbons (Fsp3) is 0.273. The number of benzene rings is 1. The second-order valence-electron chi connectivity index (χ2n) is 7.60. The van der Waals surface area contributed by atoms with E-state index in [0.29, 0.717) is 49.5 Å². The van der Waals surface area contributed by atoms with Crippen molar-refractivity contribution in [1.29, 1.82) is 0 Å². The molecule has 1 saturated heterocycles. The van der Waals surface area contributed by atoms with Crippen molar-refractivity contribution < 1.29 is 18.0 Å². The number of hydrogen-bond acceptors (Lipinski definition) is 6. The van der Waals surface area contributed by atoms with E-state index in [-0.39, 0.29) is 5.69 Å². The average Bonchev–Trinajstić information content (AvgIpc) is 2.80. The predicted octanol–water partition coefficient (Wildman–Crippen LogP) is 4.95. The molecule has 1 aromatic carbocycles. The van der Waals surface area contributed by atoms with Crippen LogP contribution in [0.5, 0.6) is 0 Å². The second kappa shape index (κ2) is 9.72. The molecule has 0 saturated carbocycles. The van der Waals surface area contributed by atoms with Crippen molar-refractivity contribution in [2.45, 2.75) is 13.1 Å². The maximum Gasteiger partial charge on any atom is 0.417 e. The molecule has 2 amide bonds. The Hall–Kier alpha value is -3.60. The lowest BCUT2D eigenvalue weighted by Gasteiger charge is -2.35. The highest BCUT2D eigenvalue weighted by molar-refractivity contribution is 6.31. The number of urea groups is 1. The zero-order valence-electron chi connectivity index (χ0n) is 18.1. The lowest BCUT2D eigenvalue weighted by atomic mass is 10.2. The molecular weight excluding hydrogens is 471 g/mol.